The highest BCUT2D eigenvalue weighted by Crippen LogP contribution is 2.32. The third-order valence-corrected chi connectivity index (χ3v) is 4.38. The number of rotatable bonds is 6. The van der Waals surface area contributed by atoms with E-state index in [4.69, 9.17) is 5.73 Å². The van der Waals surface area contributed by atoms with Gasteiger partial charge in [0.25, 0.3) is 5.69 Å². The quantitative estimate of drug-likeness (QED) is 0.272. The van der Waals surface area contributed by atoms with Crippen molar-refractivity contribution < 1.29 is 9.72 Å². The maximum absolute atomic E-state index is 11.0. The highest BCUT2D eigenvalue weighted by Gasteiger charge is 2.18. The molecule has 0 radical (unpaired) electrons. The number of nitrogens with two attached hydrogens (primary N) is 1. The third-order valence-electron chi connectivity index (χ3n) is 2.83. The maximum atomic E-state index is 11.0. The molecule has 0 aliphatic rings. The number of thioether (sulfide) groups is 2. The van der Waals surface area contributed by atoms with Crippen molar-refractivity contribution in [3.8, 4) is 17.3 Å². The summed E-state index contributed by atoms with van der Waals surface area (Å²) in [5, 5.41) is 21.1. The minimum atomic E-state index is -0.537. The van der Waals surface area contributed by atoms with Crippen LogP contribution in [0.4, 0.5) is 5.69 Å². The molecule has 2 aromatic rings. The number of nitriles is 1. The maximum Gasteiger partial charge on any atom is 0.270 e. The Hall–Kier alpha value is -2.64. The topological polar surface area (TPSA) is 136 Å². The van der Waals surface area contributed by atoms with Crippen LogP contribution in [0.5, 0.6) is 0 Å². The van der Waals surface area contributed by atoms with E-state index in [2.05, 4.69) is 9.97 Å². The van der Waals surface area contributed by atoms with Gasteiger partial charge in [0, 0.05) is 17.7 Å². The molecule has 0 unspecified atom stereocenters. The molecule has 2 rings (SSSR count). The number of hydrogen-bond donors (Lipinski definition) is 1. The summed E-state index contributed by atoms with van der Waals surface area (Å²) in [5.41, 5.74) is 5.90. The van der Waals surface area contributed by atoms with Crippen LogP contribution in [0.2, 0.25) is 0 Å². The molecule has 0 fully saturated rings. The van der Waals surface area contributed by atoms with Crippen LogP contribution in [-0.4, -0.2) is 32.8 Å². The van der Waals surface area contributed by atoms with Gasteiger partial charge in [-0.15, -0.1) is 0 Å². The number of hydrogen-bond acceptors (Lipinski definition) is 8. The van der Waals surface area contributed by atoms with E-state index in [-0.39, 0.29) is 22.7 Å². The van der Waals surface area contributed by atoms with Gasteiger partial charge in [0.05, 0.1) is 16.4 Å². The molecule has 8 nitrogen and oxygen atoms in total. The summed E-state index contributed by atoms with van der Waals surface area (Å²) in [6.07, 6.45) is 1.77. The highest BCUT2D eigenvalue weighted by atomic mass is 32.2. The number of amides is 1. The number of primary amides is 1. The van der Waals surface area contributed by atoms with Crippen LogP contribution in [0.15, 0.2) is 34.4 Å². The number of carbonyl (C=O) groups excluding carboxylic acids is 1. The standard InChI is InChI=1S/C14H11N5O3S2/c1-23-14-17-12(8-3-2-4-9(5-8)19(21)22)10(6-15)13(18-14)24-7-11(16)20/h2-5H,7H2,1H3,(H2,16,20). The van der Waals surface area contributed by atoms with E-state index in [9.17, 15) is 20.2 Å². The molecular weight excluding hydrogens is 350 g/mol. The normalized spacial score (nSPS) is 10.2. The van der Waals surface area contributed by atoms with E-state index in [1.54, 1.807) is 12.3 Å². The average Bonchev–Trinajstić information content (AvgIpc) is 2.58. The van der Waals surface area contributed by atoms with E-state index in [0.717, 1.165) is 11.8 Å². The molecule has 24 heavy (non-hydrogen) atoms. The summed E-state index contributed by atoms with van der Waals surface area (Å²) >= 11 is 2.29. The van der Waals surface area contributed by atoms with Gasteiger partial charge in [-0.3, -0.25) is 14.9 Å². The zero-order valence-electron chi connectivity index (χ0n) is 12.4. The van der Waals surface area contributed by atoms with Gasteiger partial charge < -0.3 is 5.73 Å². The highest BCUT2D eigenvalue weighted by molar-refractivity contribution is 8.00. The van der Waals surface area contributed by atoms with Crippen molar-refractivity contribution in [3.63, 3.8) is 0 Å². The summed E-state index contributed by atoms with van der Waals surface area (Å²) in [7, 11) is 0. The molecule has 1 amide bonds. The summed E-state index contributed by atoms with van der Waals surface area (Å²) in [6, 6.07) is 7.86. The molecular formula is C14H11N5O3S2. The fourth-order valence-electron chi connectivity index (χ4n) is 1.83. The first-order valence-corrected chi connectivity index (χ1v) is 8.69. The first-order chi connectivity index (χ1) is 11.5. The van der Waals surface area contributed by atoms with E-state index in [1.807, 2.05) is 6.07 Å². The van der Waals surface area contributed by atoms with Crippen LogP contribution in [-0.2, 0) is 4.79 Å². The van der Waals surface area contributed by atoms with Crippen molar-refractivity contribution in [3.05, 3.63) is 39.9 Å². The monoisotopic (exact) mass is 361 g/mol. The predicted molar refractivity (Wildman–Crippen MR) is 90.5 cm³/mol. The average molecular weight is 361 g/mol. The SMILES string of the molecule is CSc1nc(SCC(N)=O)c(C#N)c(-c2cccc([N+](=O)[O-])c2)n1. The van der Waals surface area contributed by atoms with Crippen LogP contribution in [0.3, 0.4) is 0 Å². The van der Waals surface area contributed by atoms with Crippen molar-refractivity contribution in [1.82, 2.24) is 9.97 Å². The van der Waals surface area contributed by atoms with Crippen molar-refractivity contribution in [1.29, 1.82) is 5.26 Å². The number of carbonyl (C=O) groups is 1. The molecule has 1 aromatic heterocycles. The lowest BCUT2D eigenvalue weighted by Gasteiger charge is -2.09. The molecule has 10 heteroatoms. The summed E-state index contributed by atoms with van der Waals surface area (Å²) in [6.45, 7) is 0. The van der Waals surface area contributed by atoms with E-state index >= 15 is 0 Å². The lowest BCUT2D eigenvalue weighted by Crippen LogP contribution is -2.13. The van der Waals surface area contributed by atoms with Gasteiger partial charge >= 0.3 is 0 Å². The van der Waals surface area contributed by atoms with Gasteiger partial charge in [0.15, 0.2) is 5.16 Å². The summed E-state index contributed by atoms with van der Waals surface area (Å²) in [5.74, 6) is -0.571. The van der Waals surface area contributed by atoms with Crippen molar-refractivity contribution in [2.24, 2.45) is 5.73 Å². The minimum absolute atomic E-state index is 0.0338. The fraction of sp³-hybridized carbons (Fsp3) is 0.143. The summed E-state index contributed by atoms with van der Waals surface area (Å²) < 4.78 is 0. The van der Waals surface area contributed by atoms with Gasteiger partial charge in [0.1, 0.15) is 16.7 Å². The van der Waals surface area contributed by atoms with Gasteiger partial charge in [-0.25, -0.2) is 9.97 Å². The zero-order chi connectivity index (χ0) is 17.7. The van der Waals surface area contributed by atoms with Gasteiger partial charge in [-0.2, -0.15) is 5.26 Å². The number of nitro benzene ring substituents is 1. The van der Waals surface area contributed by atoms with Crippen LogP contribution in [0.25, 0.3) is 11.3 Å². The largest absolute Gasteiger partial charge is 0.369 e. The molecule has 0 saturated heterocycles. The molecule has 0 aliphatic carbocycles. The van der Waals surface area contributed by atoms with Gasteiger partial charge in [0.2, 0.25) is 5.91 Å². The predicted octanol–water partition coefficient (Wildman–Crippen LogP) is 2.22. The molecule has 1 heterocycles. The van der Waals surface area contributed by atoms with Crippen molar-refractivity contribution in [2.75, 3.05) is 12.0 Å². The molecule has 0 aliphatic heterocycles. The van der Waals surface area contributed by atoms with Gasteiger partial charge in [-0.05, 0) is 6.26 Å². The number of nitro groups is 1. The summed E-state index contributed by atoms with van der Waals surface area (Å²) in [4.78, 5) is 30.0. The second-order valence-corrected chi connectivity index (χ2v) is 6.15. The van der Waals surface area contributed by atoms with Crippen LogP contribution >= 0.6 is 23.5 Å². The number of benzene rings is 1. The molecule has 0 bridgehead atoms. The van der Waals surface area contributed by atoms with E-state index < -0.39 is 10.8 Å². The first kappa shape index (κ1) is 17.7. The Morgan fingerprint density at radius 2 is 2.21 bits per heavy atom. The van der Waals surface area contributed by atoms with Gasteiger partial charge in [-0.1, -0.05) is 35.7 Å². The Bertz CT molecular complexity index is 851. The Labute approximate surface area is 145 Å². The van der Waals surface area contributed by atoms with E-state index in [1.165, 1.54) is 30.0 Å². The Kier molecular flexibility index (Phi) is 5.73. The molecule has 1 aromatic carbocycles. The van der Waals surface area contributed by atoms with Crippen molar-refractivity contribution in [2.45, 2.75) is 10.2 Å². The Morgan fingerprint density at radius 1 is 1.46 bits per heavy atom. The molecule has 0 atom stereocenters. The zero-order valence-corrected chi connectivity index (χ0v) is 14.1. The van der Waals surface area contributed by atoms with E-state index in [0.29, 0.717) is 15.7 Å². The molecule has 2 N–H and O–H groups in total. The number of non-ortho nitro benzene ring substituents is 1. The van der Waals surface area contributed by atoms with Crippen LogP contribution in [0.1, 0.15) is 5.56 Å². The lowest BCUT2D eigenvalue weighted by molar-refractivity contribution is -0.384. The second kappa shape index (κ2) is 7.76. The number of aromatic nitrogens is 2. The Balaban J connectivity index is 2.62. The first-order valence-electron chi connectivity index (χ1n) is 6.48. The van der Waals surface area contributed by atoms with Crippen LogP contribution < -0.4 is 5.73 Å². The minimum Gasteiger partial charge on any atom is -0.369 e. The van der Waals surface area contributed by atoms with Crippen LogP contribution in [0, 0.1) is 21.4 Å². The smallest absolute Gasteiger partial charge is 0.270 e. The third kappa shape index (κ3) is 4.01. The fourth-order valence-corrected chi connectivity index (χ4v) is 2.97. The number of nitrogens with zero attached hydrogens (tertiary/aromatic N) is 4. The Morgan fingerprint density at radius 3 is 2.79 bits per heavy atom. The molecule has 0 saturated carbocycles. The lowest BCUT2D eigenvalue weighted by atomic mass is 10.1. The second-order valence-electron chi connectivity index (χ2n) is 4.41. The molecule has 0 spiro atoms. The molecule has 122 valence electrons. The van der Waals surface area contributed by atoms with Crippen molar-refractivity contribution >= 4 is 35.1 Å².